The molecule has 0 atom stereocenters. The number of hydrogen-bond acceptors (Lipinski definition) is 6. The van der Waals surface area contributed by atoms with Gasteiger partial charge in [-0.2, -0.15) is 4.98 Å². The number of likely N-dealkylation sites (tertiary alicyclic amines) is 1. The molecular formula is C26H27ClN4O4. The zero-order valence-corrected chi connectivity index (χ0v) is 20.6. The highest BCUT2D eigenvalue weighted by Crippen LogP contribution is 2.34. The maximum Gasteiger partial charge on any atom is 0.309 e. The van der Waals surface area contributed by atoms with Crippen LogP contribution in [0.5, 0.6) is 5.75 Å². The molecule has 1 fully saturated rings. The van der Waals surface area contributed by atoms with Crippen LogP contribution in [-0.2, 0) is 18.3 Å². The number of nitrogens with zero attached hydrogens (tertiary/aromatic N) is 4. The molecule has 1 aliphatic rings. The fourth-order valence-electron chi connectivity index (χ4n) is 4.55. The minimum absolute atomic E-state index is 0.0246. The third-order valence-corrected chi connectivity index (χ3v) is 6.59. The first-order chi connectivity index (χ1) is 16.8. The molecule has 0 saturated carbocycles. The lowest BCUT2D eigenvalue weighted by Gasteiger charge is -2.36. The van der Waals surface area contributed by atoms with E-state index in [0.717, 1.165) is 35.0 Å². The van der Waals surface area contributed by atoms with Gasteiger partial charge in [-0.05, 0) is 50.1 Å². The number of fused-ring (bicyclic) bond motifs is 1. The van der Waals surface area contributed by atoms with Crippen molar-refractivity contribution in [1.82, 2.24) is 19.6 Å². The van der Waals surface area contributed by atoms with E-state index in [-0.39, 0.29) is 12.0 Å². The van der Waals surface area contributed by atoms with Crippen molar-refractivity contribution < 1.29 is 19.2 Å². The van der Waals surface area contributed by atoms with Gasteiger partial charge in [0.05, 0.1) is 22.6 Å². The maximum absolute atomic E-state index is 11.1. The number of para-hydroxylation sites is 1. The molecule has 35 heavy (non-hydrogen) atoms. The number of ether oxygens (including phenoxy) is 1. The highest BCUT2D eigenvalue weighted by molar-refractivity contribution is 6.32. The highest BCUT2D eigenvalue weighted by atomic mass is 35.5. The van der Waals surface area contributed by atoms with Crippen molar-refractivity contribution in [2.45, 2.75) is 26.4 Å². The van der Waals surface area contributed by atoms with Crippen LogP contribution in [0.25, 0.3) is 33.7 Å². The lowest BCUT2D eigenvalue weighted by Crippen LogP contribution is -2.50. The minimum atomic E-state index is -0.711. The van der Waals surface area contributed by atoms with E-state index in [1.807, 2.05) is 45.2 Å². The summed E-state index contributed by atoms with van der Waals surface area (Å²) in [4.78, 5) is 17.9. The zero-order valence-electron chi connectivity index (χ0n) is 19.9. The molecule has 1 aliphatic heterocycles. The summed E-state index contributed by atoms with van der Waals surface area (Å²) in [7, 11) is 2.01. The third kappa shape index (κ3) is 4.63. The Hall–Kier alpha value is -3.36. The molecule has 8 nitrogen and oxygen atoms in total. The predicted octanol–water partition coefficient (Wildman–Crippen LogP) is 4.89. The first kappa shape index (κ1) is 23.4. The number of carboxylic acid groups (broad SMARTS) is 1. The Balaban J connectivity index is 1.38. The second-order valence-corrected chi connectivity index (χ2v) is 9.65. The number of carboxylic acids is 1. The van der Waals surface area contributed by atoms with Crippen LogP contribution in [0.2, 0.25) is 5.02 Å². The maximum atomic E-state index is 11.1. The van der Waals surface area contributed by atoms with E-state index in [4.69, 9.17) is 26.0 Å². The van der Waals surface area contributed by atoms with Gasteiger partial charge in [-0.25, -0.2) is 0 Å². The summed E-state index contributed by atoms with van der Waals surface area (Å²) in [5, 5.41) is 15.0. The first-order valence-electron chi connectivity index (χ1n) is 11.6. The third-order valence-electron chi connectivity index (χ3n) is 6.30. The normalized spacial score (nSPS) is 14.5. The van der Waals surface area contributed by atoms with E-state index < -0.39 is 5.97 Å². The Kier molecular flexibility index (Phi) is 6.25. The molecule has 3 heterocycles. The molecule has 0 aliphatic carbocycles. The van der Waals surface area contributed by atoms with Crippen molar-refractivity contribution in [1.29, 1.82) is 0 Å². The minimum Gasteiger partial charge on any atom is -0.489 e. The van der Waals surface area contributed by atoms with Crippen LogP contribution in [-0.4, -0.2) is 56.4 Å². The molecule has 2 aromatic heterocycles. The Morgan fingerprint density at radius 1 is 1.29 bits per heavy atom. The molecule has 1 N–H and O–H groups in total. The van der Waals surface area contributed by atoms with Gasteiger partial charge in [-0.1, -0.05) is 28.9 Å². The smallest absolute Gasteiger partial charge is 0.309 e. The van der Waals surface area contributed by atoms with Gasteiger partial charge in [0.15, 0.2) is 0 Å². The summed E-state index contributed by atoms with van der Waals surface area (Å²) in [6.07, 6.45) is 2.99. The molecule has 4 aromatic rings. The van der Waals surface area contributed by atoms with Gasteiger partial charge < -0.3 is 23.8 Å². The molecular weight excluding hydrogens is 468 g/mol. The fraction of sp³-hybridized carbons (Fsp3) is 0.346. The quantitative estimate of drug-likeness (QED) is 0.372. The molecule has 0 radical (unpaired) electrons. The molecule has 0 unspecified atom stereocenters. The van der Waals surface area contributed by atoms with Crippen LogP contribution in [0.4, 0.5) is 0 Å². The summed E-state index contributed by atoms with van der Waals surface area (Å²) < 4.78 is 13.4. The van der Waals surface area contributed by atoms with Crippen LogP contribution in [0.3, 0.4) is 0 Å². The van der Waals surface area contributed by atoms with Crippen LogP contribution < -0.4 is 4.74 Å². The van der Waals surface area contributed by atoms with Gasteiger partial charge in [0, 0.05) is 49.4 Å². The van der Waals surface area contributed by atoms with Crippen molar-refractivity contribution in [3.05, 3.63) is 53.2 Å². The van der Waals surface area contributed by atoms with E-state index in [2.05, 4.69) is 31.9 Å². The van der Waals surface area contributed by atoms with Crippen LogP contribution in [0, 0.1) is 5.92 Å². The van der Waals surface area contributed by atoms with Gasteiger partial charge in [0.25, 0.3) is 5.89 Å². The first-order valence-corrected chi connectivity index (χ1v) is 12.0. The summed E-state index contributed by atoms with van der Waals surface area (Å²) in [6, 6.07) is 11.5. The fourth-order valence-corrected chi connectivity index (χ4v) is 4.78. The SMILES string of the molecule is CC(C)Oc1ccc(-c2nc(-c3cccc4c(CCN5CC(C(=O)O)C5)cn(C)c34)no2)cc1Cl. The lowest BCUT2D eigenvalue weighted by molar-refractivity contribution is -0.147. The summed E-state index contributed by atoms with van der Waals surface area (Å²) in [5.74, 6) is 0.551. The van der Waals surface area contributed by atoms with Crippen molar-refractivity contribution in [3.63, 3.8) is 0 Å². The van der Waals surface area contributed by atoms with E-state index in [1.54, 1.807) is 6.07 Å². The van der Waals surface area contributed by atoms with Crippen LogP contribution >= 0.6 is 11.6 Å². The summed E-state index contributed by atoms with van der Waals surface area (Å²) >= 11 is 6.39. The monoisotopic (exact) mass is 494 g/mol. The molecule has 5 rings (SSSR count). The number of hydrogen-bond donors (Lipinski definition) is 1. The molecule has 2 aromatic carbocycles. The van der Waals surface area contributed by atoms with E-state index in [9.17, 15) is 4.79 Å². The van der Waals surface area contributed by atoms with Gasteiger partial charge in [-0.3, -0.25) is 4.79 Å². The van der Waals surface area contributed by atoms with Gasteiger partial charge in [0.2, 0.25) is 5.82 Å². The van der Waals surface area contributed by atoms with Crippen molar-refractivity contribution in [2.24, 2.45) is 13.0 Å². The predicted molar refractivity (Wildman–Crippen MR) is 134 cm³/mol. The van der Waals surface area contributed by atoms with Crippen molar-refractivity contribution >= 4 is 28.5 Å². The van der Waals surface area contributed by atoms with Gasteiger partial charge in [-0.15, -0.1) is 0 Å². The Morgan fingerprint density at radius 3 is 2.80 bits per heavy atom. The second-order valence-electron chi connectivity index (χ2n) is 9.25. The molecule has 9 heteroatoms. The average molecular weight is 495 g/mol. The number of halogens is 1. The molecule has 182 valence electrons. The number of rotatable bonds is 8. The Morgan fingerprint density at radius 2 is 2.09 bits per heavy atom. The zero-order chi connectivity index (χ0) is 24.7. The summed E-state index contributed by atoms with van der Waals surface area (Å²) in [5.41, 5.74) is 3.84. The van der Waals surface area contributed by atoms with Crippen molar-refractivity contribution in [3.8, 4) is 28.6 Å². The summed E-state index contributed by atoms with van der Waals surface area (Å²) in [6.45, 7) is 5.96. The number of aliphatic carboxylic acids is 1. The second kappa shape index (κ2) is 9.36. The standard InChI is InChI=1S/C26H27ClN4O4/c1-15(2)34-22-8-7-16(11-21(22)27)25-28-24(29-35-25)20-6-4-5-19-17(12-30(3)23(19)20)9-10-31-13-18(14-31)26(32)33/h4-8,11-12,15,18H,9-10,13-14H2,1-3H3,(H,32,33). The van der Waals surface area contributed by atoms with Crippen molar-refractivity contribution in [2.75, 3.05) is 19.6 Å². The average Bonchev–Trinajstić information content (AvgIpc) is 3.39. The lowest BCUT2D eigenvalue weighted by atomic mass is 9.99. The van der Waals surface area contributed by atoms with Gasteiger partial charge >= 0.3 is 5.97 Å². The van der Waals surface area contributed by atoms with E-state index >= 15 is 0 Å². The molecule has 0 bridgehead atoms. The van der Waals surface area contributed by atoms with E-state index in [0.29, 0.717) is 35.6 Å². The topological polar surface area (TPSA) is 93.6 Å². The highest BCUT2D eigenvalue weighted by Gasteiger charge is 2.32. The molecule has 0 amide bonds. The van der Waals surface area contributed by atoms with Crippen LogP contribution in [0.1, 0.15) is 19.4 Å². The van der Waals surface area contributed by atoms with Crippen LogP contribution in [0.15, 0.2) is 47.1 Å². The number of carbonyl (C=O) groups is 1. The largest absolute Gasteiger partial charge is 0.489 e. The number of benzene rings is 2. The van der Waals surface area contributed by atoms with E-state index in [1.165, 1.54) is 5.56 Å². The number of aryl methyl sites for hydroxylation is 1. The molecule has 1 saturated heterocycles. The van der Waals surface area contributed by atoms with Gasteiger partial charge in [0.1, 0.15) is 5.75 Å². The Bertz CT molecular complexity index is 1390. The molecule has 0 spiro atoms. The number of aromatic nitrogens is 3. The Labute approximate surface area is 208 Å².